The zero-order valence-electron chi connectivity index (χ0n) is 15.7. The molecule has 30 heavy (non-hydrogen) atoms. The number of carbonyl (C=O) groups is 2. The topological polar surface area (TPSA) is 148 Å². The van der Waals surface area contributed by atoms with Crippen LogP contribution in [0.1, 0.15) is 20.7 Å². The highest BCUT2D eigenvalue weighted by molar-refractivity contribution is 6.07. The second-order valence-electron chi connectivity index (χ2n) is 6.33. The average Bonchev–Trinajstić information content (AvgIpc) is 2.66. The summed E-state index contributed by atoms with van der Waals surface area (Å²) in [5.41, 5.74) is 0.597. The number of carbonyl (C=O) groups excluding carboxylic acids is 2. The molecule has 0 radical (unpaired) electrons. The molecular formula is C21H18N2O7. The fourth-order valence-electron chi connectivity index (χ4n) is 2.72. The van der Waals surface area contributed by atoms with E-state index in [1.165, 1.54) is 49.6 Å². The summed E-state index contributed by atoms with van der Waals surface area (Å²) in [5, 5.41) is 43.3. The van der Waals surface area contributed by atoms with Crippen molar-refractivity contribution in [2.24, 2.45) is 0 Å². The van der Waals surface area contributed by atoms with E-state index in [0.717, 1.165) is 12.1 Å². The number of anilines is 2. The summed E-state index contributed by atoms with van der Waals surface area (Å²) >= 11 is 0. The van der Waals surface area contributed by atoms with Crippen LogP contribution in [0.2, 0.25) is 0 Å². The van der Waals surface area contributed by atoms with Crippen LogP contribution in [-0.2, 0) is 0 Å². The first-order valence-corrected chi connectivity index (χ1v) is 8.61. The zero-order valence-corrected chi connectivity index (χ0v) is 15.7. The highest BCUT2D eigenvalue weighted by Crippen LogP contribution is 2.27. The van der Waals surface area contributed by atoms with Gasteiger partial charge in [0.1, 0.15) is 28.7 Å². The standard InChI is InChI=1S/C21H18N2O7/c1-30-19-7-13(22-20(28)11-2-15(24)9-16(25)3-11)6-14(8-19)23-21(29)12-4-17(26)10-18(27)5-12/h2-10,24-27H,1H3,(H,22,28)(H,23,29). The predicted octanol–water partition coefficient (Wildman–Crippen LogP) is 3.02. The number of rotatable bonds is 5. The first-order valence-electron chi connectivity index (χ1n) is 8.61. The lowest BCUT2D eigenvalue weighted by Gasteiger charge is -2.12. The van der Waals surface area contributed by atoms with Crippen LogP contribution in [0.5, 0.6) is 28.7 Å². The van der Waals surface area contributed by atoms with E-state index < -0.39 is 11.8 Å². The van der Waals surface area contributed by atoms with Crippen molar-refractivity contribution in [1.82, 2.24) is 0 Å². The summed E-state index contributed by atoms with van der Waals surface area (Å²) in [5.74, 6) is -1.96. The van der Waals surface area contributed by atoms with Crippen LogP contribution < -0.4 is 15.4 Å². The summed E-state index contributed by atoms with van der Waals surface area (Å²) < 4.78 is 5.18. The molecule has 2 amide bonds. The molecule has 0 aliphatic carbocycles. The molecule has 0 fully saturated rings. The van der Waals surface area contributed by atoms with Crippen molar-refractivity contribution in [3.8, 4) is 28.7 Å². The summed E-state index contributed by atoms with van der Waals surface area (Å²) in [4.78, 5) is 24.9. The van der Waals surface area contributed by atoms with Gasteiger partial charge in [-0.3, -0.25) is 9.59 Å². The van der Waals surface area contributed by atoms with Crippen molar-refractivity contribution < 1.29 is 34.8 Å². The Morgan fingerprint density at radius 3 is 1.33 bits per heavy atom. The fraction of sp³-hybridized carbons (Fsp3) is 0.0476. The van der Waals surface area contributed by atoms with Crippen molar-refractivity contribution in [1.29, 1.82) is 0 Å². The van der Waals surface area contributed by atoms with Crippen molar-refractivity contribution in [3.05, 3.63) is 65.7 Å². The maximum Gasteiger partial charge on any atom is 0.255 e. The van der Waals surface area contributed by atoms with E-state index in [1.807, 2.05) is 0 Å². The fourth-order valence-corrected chi connectivity index (χ4v) is 2.72. The molecule has 0 heterocycles. The van der Waals surface area contributed by atoms with Gasteiger partial charge < -0.3 is 35.8 Å². The number of phenols is 4. The molecule has 0 aromatic heterocycles. The number of ether oxygens (including phenoxy) is 1. The van der Waals surface area contributed by atoms with Crippen LogP contribution in [0, 0.1) is 0 Å². The number of hydrogen-bond donors (Lipinski definition) is 6. The average molecular weight is 410 g/mol. The second-order valence-corrected chi connectivity index (χ2v) is 6.33. The van der Waals surface area contributed by atoms with Gasteiger partial charge in [0.05, 0.1) is 7.11 Å². The Morgan fingerprint density at radius 2 is 1.00 bits per heavy atom. The quantitative estimate of drug-likeness (QED) is 0.379. The van der Waals surface area contributed by atoms with Crippen LogP contribution in [0.25, 0.3) is 0 Å². The molecule has 0 saturated carbocycles. The van der Waals surface area contributed by atoms with Crippen molar-refractivity contribution >= 4 is 23.2 Å². The Morgan fingerprint density at radius 1 is 0.633 bits per heavy atom. The lowest BCUT2D eigenvalue weighted by atomic mass is 10.1. The highest BCUT2D eigenvalue weighted by atomic mass is 16.5. The Bertz CT molecular complexity index is 1000. The van der Waals surface area contributed by atoms with E-state index in [4.69, 9.17) is 4.74 Å². The van der Waals surface area contributed by atoms with Gasteiger partial charge >= 0.3 is 0 Å². The lowest BCUT2D eigenvalue weighted by Crippen LogP contribution is -2.14. The molecule has 0 aliphatic rings. The van der Waals surface area contributed by atoms with Crippen molar-refractivity contribution in [2.75, 3.05) is 17.7 Å². The van der Waals surface area contributed by atoms with Crippen LogP contribution >= 0.6 is 0 Å². The van der Waals surface area contributed by atoms with Gasteiger partial charge in [-0.1, -0.05) is 0 Å². The van der Waals surface area contributed by atoms with Gasteiger partial charge in [0.15, 0.2) is 0 Å². The molecule has 3 rings (SSSR count). The number of benzene rings is 3. The lowest BCUT2D eigenvalue weighted by molar-refractivity contribution is 0.101. The molecule has 9 nitrogen and oxygen atoms in total. The van der Waals surface area contributed by atoms with Crippen LogP contribution in [0.4, 0.5) is 11.4 Å². The second kappa shape index (κ2) is 8.31. The molecule has 0 unspecified atom stereocenters. The van der Waals surface area contributed by atoms with Gasteiger partial charge in [-0.25, -0.2) is 0 Å². The van der Waals surface area contributed by atoms with Gasteiger partial charge in [-0.05, 0) is 30.3 Å². The van der Waals surface area contributed by atoms with E-state index in [1.54, 1.807) is 0 Å². The van der Waals surface area contributed by atoms with Crippen LogP contribution in [0.15, 0.2) is 54.6 Å². The Hall–Kier alpha value is -4.40. The molecule has 6 N–H and O–H groups in total. The molecule has 0 aliphatic heterocycles. The van der Waals surface area contributed by atoms with Crippen LogP contribution in [0.3, 0.4) is 0 Å². The van der Waals surface area contributed by atoms with E-state index in [0.29, 0.717) is 5.75 Å². The number of hydrogen-bond acceptors (Lipinski definition) is 7. The van der Waals surface area contributed by atoms with Gasteiger partial charge in [0.25, 0.3) is 11.8 Å². The first-order chi connectivity index (χ1) is 14.2. The summed E-state index contributed by atoms with van der Waals surface area (Å²) in [7, 11) is 1.41. The minimum absolute atomic E-state index is 0.0242. The molecule has 9 heteroatoms. The molecule has 0 saturated heterocycles. The first kappa shape index (κ1) is 20.3. The van der Waals surface area contributed by atoms with Gasteiger partial charge in [0, 0.05) is 46.8 Å². The molecule has 3 aromatic carbocycles. The van der Waals surface area contributed by atoms with Gasteiger partial charge in [-0.2, -0.15) is 0 Å². The normalized spacial score (nSPS) is 10.3. The smallest absolute Gasteiger partial charge is 0.255 e. The Labute approximate surface area is 170 Å². The third kappa shape index (κ3) is 4.90. The molecular weight excluding hydrogens is 392 g/mol. The monoisotopic (exact) mass is 410 g/mol. The van der Waals surface area contributed by atoms with E-state index in [2.05, 4.69) is 10.6 Å². The summed E-state index contributed by atoms with van der Waals surface area (Å²) in [6.45, 7) is 0. The Kier molecular flexibility index (Phi) is 5.63. The van der Waals surface area contributed by atoms with E-state index in [-0.39, 0.29) is 45.5 Å². The minimum atomic E-state index is -0.607. The largest absolute Gasteiger partial charge is 0.508 e. The predicted molar refractivity (Wildman–Crippen MR) is 108 cm³/mol. The summed E-state index contributed by atoms with van der Waals surface area (Å²) in [6, 6.07) is 11.4. The van der Waals surface area contributed by atoms with Crippen molar-refractivity contribution in [2.45, 2.75) is 0 Å². The third-order valence-electron chi connectivity index (χ3n) is 3.99. The van der Waals surface area contributed by atoms with Gasteiger partial charge in [-0.15, -0.1) is 0 Å². The summed E-state index contributed by atoms with van der Waals surface area (Å²) in [6.07, 6.45) is 0. The number of amides is 2. The Balaban J connectivity index is 1.84. The van der Waals surface area contributed by atoms with E-state index in [9.17, 15) is 30.0 Å². The van der Waals surface area contributed by atoms with Crippen LogP contribution in [-0.4, -0.2) is 39.4 Å². The number of nitrogens with one attached hydrogen (secondary N) is 2. The highest BCUT2D eigenvalue weighted by Gasteiger charge is 2.13. The number of methoxy groups -OCH3 is 1. The van der Waals surface area contributed by atoms with Crippen molar-refractivity contribution in [3.63, 3.8) is 0 Å². The molecule has 0 spiro atoms. The molecule has 0 atom stereocenters. The zero-order chi connectivity index (χ0) is 21.8. The molecule has 3 aromatic rings. The third-order valence-corrected chi connectivity index (χ3v) is 3.99. The number of aromatic hydroxyl groups is 4. The molecule has 154 valence electrons. The maximum atomic E-state index is 12.4. The van der Waals surface area contributed by atoms with E-state index >= 15 is 0 Å². The SMILES string of the molecule is COc1cc(NC(=O)c2cc(O)cc(O)c2)cc(NC(=O)c2cc(O)cc(O)c2)c1. The van der Waals surface area contributed by atoms with Gasteiger partial charge in [0.2, 0.25) is 0 Å². The minimum Gasteiger partial charge on any atom is -0.508 e. The number of phenolic OH excluding ortho intramolecular Hbond substituents is 4. The maximum absolute atomic E-state index is 12.4. The molecule has 0 bridgehead atoms.